The van der Waals surface area contributed by atoms with Crippen molar-refractivity contribution in [3.63, 3.8) is 0 Å². The van der Waals surface area contributed by atoms with Crippen LogP contribution in [0.1, 0.15) is 6.92 Å². The fraction of sp³-hybridized carbons (Fsp3) is 0.455. The Morgan fingerprint density at radius 3 is 2.56 bits per heavy atom. The van der Waals surface area contributed by atoms with Gasteiger partial charge in [-0.2, -0.15) is 0 Å². The summed E-state index contributed by atoms with van der Waals surface area (Å²) in [5, 5.41) is 0. The summed E-state index contributed by atoms with van der Waals surface area (Å²) in [7, 11) is -3.14. The standard InChI is InChI=1S/C11H15ClO2S2/c1-9(7-12)8-15-10-5-3-4-6-11(10)16(2,13)14/h3-6,9H,7-8H2,1-2H3. The lowest BCUT2D eigenvalue weighted by atomic mass is 10.3. The maximum absolute atomic E-state index is 11.5. The first kappa shape index (κ1) is 13.9. The van der Waals surface area contributed by atoms with Crippen LogP contribution in [0.2, 0.25) is 0 Å². The smallest absolute Gasteiger partial charge is 0.176 e. The lowest BCUT2D eigenvalue weighted by Gasteiger charge is -2.09. The lowest BCUT2D eigenvalue weighted by Crippen LogP contribution is -2.02. The number of hydrogen-bond acceptors (Lipinski definition) is 3. The molecule has 5 heteroatoms. The number of sulfone groups is 1. The van der Waals surface area contributed by atoms with Crippen LogP contribution in [0.4, 0.5) is 0 Å². The van der Waals surface area contributed by atoms with Crippen LogP contribution in [0.25, 0.3) is 0 Å². The zero-order valence-corrected chi connectivity index (χ0v) is 11.7. The van der Waals surface area contributed by atoms with E-state index in [1.165, 1.54) is 6.26 Å². The summed E-state index contributed by atoms with van der Waals surface area (Å²) in [4.78, 5) is 1.21. The molecule has 0 saturated carbocycles. The fourth-order valence-electron chi connectivity index (χ4n) is 1.15. The number of thioether (sulfide) groups is 1. The highest BCUT2D eigenvalue weighted by Gasteiger charge is 2.13. The number of alkyl halides is 1. The van der Waals surface area contributed by atoms with E-state index in [4.69, 9.17) is 11.6 Å². The normalized spacial score (nSPS) is 13.7. The van der Waals surface area contributed by atoms with Gasteiger partial charge in [-0.25, -0.2) is 8.42 Å². The first-order valence-electron chi connectivity index (χ1n) is 4.93. The van der Waals surface area contributed by atoms with Gasteiger partial charge in [0.15, 0.2) is 9.84 Å². The van der Waals surface area contributed by atoms with Crippen LogP contribution < -0.4 is 0 Å². The van der Waals surface area contributed by atoms with Crippen LogP contribution in [-0.4, -0.2) is 26.3 Å². The first-order chi connectivity index (χ1) is 7.45. The van der Waals surface area contributed by atoms with Crippen LogP contribution in [-0.2, 0) is 9.84 Å². The van der Waals surface area contributed by atoms with Crippen molar-refractivity contribution in [1.29, 1.82) is 0 Å². The summed E-state index contributed by atoms with van der Waals surface area (Å²) in [6.07, 6.45) is 1.23. The molecule has 1 unspecified atom stereocenters. The molecule has 0 spiro atoms. The molecular weight excluding hydrogens is 264 g/mol. The minimum Gasteiger partial charge on any atom is -0.224 e. The molecule has 0 amide bonds. The monoisotopic (exact) mass is 278 g/mol. The van der Waals surface area contributed by atoms with Crippen molar-refractivity contribution in [1.82, 2.24) is 0 Å². The molecule has 2 nitrogen and oxygen atoms in total. The third kappa shape index (κ3) is 4.00. The highest BCUT2D eigenvalue weighted by atomic mass is 35.5. The van der Waals surface area contributed by atoms with Crippen molar-refractivity contribution in [3.05, 3.63) is 24.3 Å². The largest absolute Gasteiger partial charge is 0.224 e. The van der Waals surface area contributed by atoms with Crippen molar-refractivity contribution < 1.29 is 8.42 Å². The van der Waals surface area contributed by atoms with Gasteiger partial charge in [0.25, 0.3) is 0 Å². The minimum absolute atomic E-state index is 0.374. The van der Waals surface area contributed by atoms with E-state index in [0.717, 1.165) is 10.6 Å². The third-order valence-electron chi connectivity index (χ3n) is 2.04. The van der Waals surface area contributed by atoms with E-state index >= 15 is 0 Å². The molecule has 0 radical (unpaired) electrons. The van der Waals surface area contributed by atoms with Gasteiger partial charge in [-0.1, -0.05) is 19.1 Å². The van der Waals surface area contributed by atoms with Gasteiger partial charge in [0.2, 0.25) is 0 Å². The number of benzene rings is 1. The van der Waals surface area contributed by atoms with Crippen LogP contribution in [0.3, 0.4) is 0 Å². The molecule has 0 saturated heterocycles. The Morgan fingerprint density at radius 2 is 2.00 bits per heavy atom. The molecule has 0 aliphatic rings. The maximum atomic E-state index is 11.5. The van der Waals surface area contributed by atoms with Gasteiger partial charge >= 0.3 is 0 Å². The Balaban J connectivity index is 2.88. The Kier molecular flexibility index (Phi) is 5.15. The highest BCUT2D eigenvalue weighted by molar-refractivity contribution is 8.00. The lowest BCUT2D eigenvalue weighted by molar-refractivity contribution is 0.600. The predicted molar refractivity (Wildman–Crippen MR) is 70.2 cm³/mol. The average molecular weight is 279 g/mol. The molecule has 0 heterocycles. The third-order valence-corrected chi connectivity index (χ3v) is 5.25. The molecular formula is C11H15ClO2S2. The van der Waals surface area contributed by atoms with Crippen molar-refractivity contribution in [2.24, 2.45) is 5.92 Å². The van der Waals surface area contributed by atoms with Gasteiger partial charge in [0.1, 0.15) is 0 Å². The van der Waals surface area contributed by atoms with Crippen LogP contribution >= 0.6 is 23.4 Å². The number of rotatable bonds is 5. The van der Waals surface area contributed by atoms with Gasteiger partial charge < -0.3 is 0 Å². The molecule has 0 fully saturated rings. The molecule has 0 aromatic heterocycles. The Labute approximate surface area is 106 Å². The fourth-order valence-corrected chi connectivity index (χ4v) is 3.75. The van der Waals surface area contributed by atoms with Crippen molar-refractivity contribution in [2.75, 3.05) is 17.9 Å². The summed E-state index contributed by atoms with van der Waals surface area (Å²) in [6, 6.07) is 7.07. The summed E-state index contributed by atoms with van der Waals surface area (Å²) in [5.41, 5.74) is 0. The van der Waals surface area contributed by atoms with Crippen molar-refractivity contribution in [2.45, 2.75) is 16.7 Å². The summed E-state index contributed by atoms with van der Waals surface area (Å²) >= 11 is 7.26. The van der Waals surface area contributed by atoms with Gasteiger partial charge in [0.05, 0.1) is 4.90 Å². The highest BCUT2D eigenvalue weighted by Crippen LogP contribution is 2.27. The number of halogens is 1. The molecule has 1 atom stereocenters. The second-order valence-electron chi connectivity index (χ2n) is 3.79. The Morgan fingerprint density at radius 1 is 1.38 bits per heavy atom. The van der Waals surface area contributed by atoms with Crippen LogP contribution in [0.15, 0.2) is 34.1 Å². The quantitative estimate of drug-likeness (QED) is 0.613. The van der Waals surface area contributed by atoms with Crippen LogP contribution in [0, 0.1) is 5.92 Å². The molecule has 0 aliphatic heterocycles. The minimum atomic E-state index is -3.14. The van der Waals surface area contributed by atoms with E-state index in [1.54, 1.807) is 23.9 Å². The predicted octanol–water partition coefficient (Wildman–Crippen LogP) is 3.06. The molecule has 1 aromatic rings. The molecule has 1 rings (SSSR count). The Hall–Kier alpha value is -0.190. The molecule has 90 valence electrons. The van der Waals surface area contributed by atoms with E-state index in [-0.39, 0.29) is 0 Å². The second kappa shape index (κ2) is 5.94. The Bertz CT molecular complexity index is 443. The first-order valence-corrected chi connectivity index (χ1v) is 8.34. The summed E-state index contributed by atoms with van der Waals surface area (Å²) < 4.78 is 23.1. The molecule has 16 heavy (non-hydrogen) atoms. The molecule has 0 aliphatic carbocycles. The maximum Gasteiger partial charge on any atom is 0.176 e. The molecule has 1 aromatic carbocycles. The van der Waals surface area contributed by atoms with Gasteiger partial charge in [-0.3, -0.25) is 0 Å². The van der Waals surface area contributed by atoms with E-state index < -0.39 is 9.84 Å². The summed E-state index contributed by atoms with van der Waals surface area (Å²) in [6.45, 7) is 2.04. The van der Waals surface area contributed by atoms with Gasteiger partial charge in [0, 0.05) is 22.8 Å². The van der Waals surface area contributed by atoms with Gasteiger partial charge in [-0.15, -0.1) is 23.4 Å². The zero-order chi connectivity index (χ0) is 12.2. The molecule has 0 bridgehead atoms. The number of hydrogen-bond donors (Lipinski definition) is 0. The van der Waals surface area contributed by atoms with Crippen molar-refractivity contribution >= 4 is 33.2 Å². The van der Waals surface area contributed by atoms with E-state index in [0.29, 0.717) is 16.7 Å². The van der Waals surface area contributed by atoms with E-state index in [9.17, 15) is 8.42 Å². The topological polar surface area (TPSA) is 34.1 Å². The van der Waals surface area contributed by atoms with E-state index in [1.807, 2.05) is 19.1 Å². The van der Waals surface area contributed by atoms with Crippen molar-refractivity contribution in [3.8, 4) is 0 Å². The SMILES string of the molecule is CC(CCl)CSc1ccccc1S(C)(=O)=O. The molecule has 0 N–H and O–H groups in total. The summed E-state index contributed by atoms with van der Waals surface area (Å²) in [5.74, 6) is 1.80. The zero-order valence-electron chi connectivity index (χ0n) is 9.31. The van der Waals surface area contributed by atoms with Crippen LogP contribution in [0.5, 0.6) is 0 Å². The second-order valence-corrected chi connectivity index (χ2v) is 7.14. The van der Waals surface area contributed by atoms with Gasteiger partial charge in [-0.05, 0) is 18.1 Å². The van der Waals surface area contributed by atoms with E-state index in [2.05, 4.69) is 0 Å². The average Bonchev–Trinajstić information content (AvgIpc) is 2.25.